The second-order valence-electron chi connectivity index (χ2n) is 3.42. The molecular formula is C12H6Cl2O3. The lowest BCUT2D eigenvalue weighted by molar-refractivity contribution is -0.131. The monoisotopic (exact) mass is 268 g/mol. The smallest absolute Gasteiger partial charge is 0.244 e. The number of carbonyl (C=O) groups is 2. The van der Waals surface area contributed by atoms with Crippen LogP contribution in [0.25, 0.3) is 5.57 Å². The number of para-hydroxylation sites is 1. The molecular weight excluding hydrogens is 263 g/mol. The number of benzene rings is 1. The van der Waals surface area contributed by atoms with E-state index < -0.39 is 11.6 Å². The van der Waals surface area contributed by atoms with E-state index in [0.717, 1.165) is 6.08 Å². The lowest BCUT2D eigenvalue weighted by Crippen LogP contribution is -2.15. The Hall–Kier alpha value is -1.58. The quantitative estimate of drug-likeness (QED) is 0.630. The average Bonchev–Trinajstić information content (AvgIpc) is 2.29. The highest BCUT2D eigenvalue weighted by atomic mass is 35.5. The van der Waals surface area contributed by atoms with Gasteiger partial charge >= 0.3 is 0 Å². The molecule has 0 saturated carbocycles. The minimum Gasteiger partial charge on any atom is -0.506 e. The van der Waals surface area contributed by atoms with Crippen molar-refractivity contribution in [1.82, 2.24) is 0 Å². The van der Waals surface area contributed by atoms with Gasteiger partial charge in [0.05, 0.1) is 10.1 Å². The van der Waals surface area contributed by atoms with Crippen LogP contribution >= 0.6 is 23.2 Å². The molecule has 0 amide bonds. The molecule has 0 spiro atoms. The van der Waals surface area contributed by atoms with Crippen LogP contribution in [0.15, 0.2) is 35.4 Å². The van der Waals surface area contributed by atoms with Crippen molar-refractivity contribution in [3.05, 3.63) is 46.0 Å². The Morgan fingerprint density at radius 3 is 2.41 bits per heavy atom. The van der Waals surface area contributed by atoms with Gasteiger partial charge in [-0.25, -0.2) is 0 Å². The third-order valence-corrected chi connectivity index (χ3v) is 2.89. The van der Waals surface area contributed by atoms with E-state index in [2.05, 4.69) is 0 Å². The van der Waals surface area contributed by atoms with Crippen LogP contribution in [-0.4, -0.2) is 16.7 Å². The summed E-state index contributed by atoms with van der Waals surface area (Å²) in [6.45, 7) is 0. The highest BCUT2D eigenvalue weighted by molar-refractivity contribution is 6.61. The van der Waals surface area contributed by atoms with Crippen LogP contribution in [0.3, 0.4) is 0 Å². The van der Waals surface area contributed by atoms with Gasteiger partial charge in [-0.15, -0.1) is 0 Å². The van der Waals surface area contributed by atoms with Crippen LogP contribution in [0, 0.1) is 0 Å². The van der Waals surface area contributed by atoms with Crippen LogP contribution < -0.4 is 0 Å². The molecule has 86 valence electrons. The second-order valence-corrected chi connectivity index (χ2v) is 4.24. The van der Waals surface area contributed by atoms with Crippen molar-refractivity contribution in [1.29, 1.82) is 0 Å². The molecule has 0 unspecified atom stereocenters. The summed E-state index contributed by atoms with van der Waals surface area (Å²) in [6, 6.07) is 4.72. The molecule has 0 aromatic heterocycles. The van der Waals surface area contributed by atoms with Gasteiger partial charge in [0.1, 0.15) is 5.75 Å². The Kier molecular flexibility index (Phi) is 3.05. The molecule has 3 nitrogen and oxygen atoms in total. The highest BCUT2D eigenvalue weighted by Gasteiger charge is 2.22. The van der Waals surface area contributed by atoms with Gasteiger partial charge in [-0.2, -0.15) is 0 Å². The number of hydrogen-bond acceptors (Lipinski definition) is 3. The van der Waals surface area contributed by atoms with Gasteiger partial charge < -0.3 is 5.11 Å². The molecule has 2 rings (SSSR count). The number of rotatable bonds is 1. The summed E-state index contributed by atoms with van der Waals surface area (Å²) in [5, 5.41) is 9.74. The van der Waals surface area contributed by atoms with Crippen LogP contribution in [0.5, 0.6) is 5.75 Å². The number of Topliss-reactive ketones (excluding diaryl/α,β-unsaturated/α-hetero) is 1. The van der Waals surface area contributed by atoms with Crippen molar-refractivity contribution in [3.63, 3.8) is 0 Å². The average molecular weight is 269 g/mol. The fourth-order valence-electron chi connectivity index (χ4n) is 1.47. The summed E-state index contributed by atoms with van der Waals surface area (Å²) < 4.78 is 0. The second kappa shape index (κ2) is 4.35. The molecule has 0 heterocycles. The summed E-state index contributed by atoms with van der Waals surface area (Å²) in [6.07, 6.45) is 2.45. The number of phenolic OH excluding ortho intramolecular Hbond substituents is 1. The molecule has 5 heteroatoms. The zero-order valence-electron chi connectivity index (χ0n) is 8.41. The predicted octanol–water partition coefficient (Wildman–Crippen LogP) is 2.70. The molecule has 1 N–H and O–H groups in total. The number of hydrogen-bond donors (Lipinski definition) is 1. The standard InChI is InChI=1S/C12H6Cl2O3/c13-8-3-1-2-7(11(8)16)6-4-9(14)12(17)10(15)5-6/h1-5,16H. The number of phenols is 1. The van der Waals surface area contributed by atoms with E-state index in [4.69, 9.17) is 23.2 Å². The summed E-state index contributed by atoms with van der Waals surface area (Å²) >= 11 is 11.4. The molecule has 0 saturated heterocycles. The first-order chi connectivity index (χ1) is 8.00. The number of aromatic hydroxyl groups is 1. The molecule has 1 aromatic rings. The molecule has 0 aliphatic heterocycles. The van der Waals surface area contributed by atoms with Crippen molar-refractivity contribution < 1.29 is 14.7 Å². The maximum Gasteiger partial charge on any atom is 0.244 e. The minimum atomic E-state index is -0.753. The third-order valence-electron chi connectivity index (χ3n) is 2.31. The number of halogens is 2. The minimum absolute atomic E-state index is 0.150. The van der Waals surface area contributed by atoms with Gasteiger partial charge in [0, 0.05) is 5.56 Å². The lowest BCUT2D eigenvalue weighted by atomic mass is 9.97. The van der Waals surface area contributed by atoms with Gasteiger partial charge in [0.25, 0.3) is 0 Å². The van der Waals surface area contributed by atoms with E-state index in [1.54, 1.807) is 12.1 Å². The van der Waals surface area contributed by atoms with Crippen LogP contribution in [0.4, 0.5) is 0 Å². The first-order valence-electron chi connectivity index (χ1n) is 4.66. The zero-order valence-corrected chi connectivity index (χ0v) is 9.92. The zero-order chi connectivity index (χ0) is 12.6. The van der Waals surface area contributed by atoms with E-state index >= 15 is 0 Å². The largest absolute Gasteiger partial charge is 0.506 e. The van der Waals surface area contributed by atoms with E-state index in [1.165, 1.54) is 12.1 Å². The van der Waals surface area contributed by atoms with Crippen molar-refractivity contribution in [2.24, 2.45) is 0 Å². The number of ketones is 2. The maximum absolute atomic E-state index is 11.3. The molecule has 0 bridgehead atoms. The fourth-order valence-corrected chi connectivity index (χ4v) is 1.86. The van der Waals surface area contributed by atoms with Gasteiger partial charge in [-0.1, -0.05) is 35.3 Å². The van der Waals surface area contributed by atoms with Gasteiger partial charge in [-0.05, 0) is 23.8 Å². The van der Waals surface area contributed by atoms with Crippen LogP contribution in [0.1, 0.15) is 5.56 Å². The molecule has 0 radical (unpaired) electrons. The van der Waals surface area contributed by atoms with Crippen molar-refractivity contribution >= 4 is 40.3 Å². The summed E-state index contributed by atoms with van der Waals surface area (Å²) in [7, 11) is 0. The van der Waals surface area contributed by atoms with Crippen LogP contribution in [0.2, 0.25) is 5.02 Å². The maximum atomic E-state index is 11.3. The molecule has 1 aliphatic rings. The summed E-state index contributed by atoms with van der Waals surface area (Å²) in [5.41, 5.74) is 0.719. The van der Waals surface area contributed by atoms with Crippen molar-refractivity contribution in [3.8, 4) is 5.75 Å². The molecule has 1 aliphatic carbocycles. The Labute approximate surface area is 107 Å². The predicted molar refractivity (Wildman–Crippen MR) is 65.0 cm³/mol. The Balaban J connectivity index is 2.56. The van der Waals surface area contributed by atoms with E-state index in [1.807, 2.05) is 0 Å². The molecule has 1 aromatic carbocycles. The topological polar surface area (TPSA) is 54.4 Å². The third kappa shape index (κ3) is 2.12. The van der Waals surface area contributed by atoms with E-state index in [9.17, 15) is 14.7 Å². The molecule has 0 atom stereocenters. The Morgan fingerprint density at radius 2 is 1.76 bits per heavy atom. The van der Waals surface area contributed by atoms with E-state index in [-0.39, 0.29) is 15.8 Å². The van der Waals surface area contributed by atoms with Crippen molar-refractivity contribution in [2.75, 3.05) is 0 Å². The number of allylic oxidation sites excluding steroid dienone is 4. The van der Waals surface area contributed by atoms with Gasteiger partial charge in [0.2, 0.25) is 11.6 Å². The van der Waals surface area contributed by atoms with Gasteiger partial charge in [0.15, 0.2) is 0 Å². The first-order valence-corrected chi connectivity index (χ1v) is 5.41. The van der Waals surface area contributed by atoms with Crippen molar-refractivity contribution in [2.45, 2.75) is 0 Å². The fraction of sp³-hybridized carbons (Fsp3) is 0. The SMILES string of the molecule is O=C1C=C(c2cccc(Cl)c2O)C=C(Cl)C1=O. The summed E-state index contributed by atoms with van der Waals surface area (Å²) in [4.78, 5) is 22.5. The Morgan fingerprint density at radius 1 is 1.06 bits per heavy atom. The number of carbonyl (C=O) groups excluding carboxylic acids is 2. The van der Waals surface area contributed by atoms with Crippen LogP contribution in [-0.2, 0) is 9.59 Å². The highest BCUT2D eigenvalue weighted by Crippen LogP contribution is 2.34. The molecule has 17 heavy (non-hydrogen) atoms. The normalized spacial score (nSPS) is 15.6. The molecule has 0 fully saturated rings. The van der Waals surface area contributed by atoms with Gasteiger partial charge in [-0.3, -0.25) is 9.59 Å². The lowest BCUT2D eigenvalue weighted by Gasteiger charge is -2.10. The van der Waals surface area contributed by atoms with E-state index in [0.29, 0.717) is 11.1 Å². The summed E-state index contributed by atoms with van der Waals surface area (Å²) in [5.74, 6) is -1.62. The first kappa shape index (κ1) is 11.9. The Bertz CT molecular complexity index is 585.